The summed E-state index contributed by atoms with van der Waals surface area (Å²) in [4.78, 5) is 24.5. The van der Waals surface area contributed by atoms with Gasteiger partial charge in [0.2, 0.25) is 5.91 Å². The largest absolute Gasteiger partial charge is 0.441 e. The van der Waals surface area contributed by atoms with Crippen molar-refractivity contribution >= 4 is 11.8 Å². The third-order valence-electron chi connectivity index (χ3n) is 4.82. The third kappa shape index (κ3) is 3.69. The summed E-state index contributed by atoms with van der Waals surface area (Å²) in [5.41, 5.74) is -6.06. The molecule has 0 aromatic carbocycles. The van der Waals surface area contributed by atoms with Gasteiger partial charge in [0, 0.05) is 13.1 Å². The molecule has 0 spiro atoms. The summed E-state index contributed by atoms with van der Waals surface area (Å²) in [7, 11) is 0. The van der Waals surface area contributed by atoms with E-state index in [4.69, 9.17) is 0 Å². The highest BCUT2D eigenvalue weighted by Crippen LogP contribution is 2.46. The lowest BCUT2D eigenvalue weighted by molar-refractivity contribution is -0.325. The van der Waals surface area contributed by atoms with Gasteiger partial charge in [-0.05, 0) is 24.7 Å². The van der Waals surface area contributed by atoms with Gasteiger partial charge < -0.3 is 10.2 Å². The van der Waals surface area contributed by atoms with Crippen LogP contribution in [-0.2, 0) is 9.59 Å². The second-order valence-corrected chi connectivity index (χ2v) is 6.44. The Kier molecular flexibility index (Phi) is 5.25. The van der Waals surface area contributed by atoms with Gasteiger partial charge in [-0.25, -0.2) is 4.39 Å². The van der Waals surface area contributed by atoms with Gasteiger partial charge in [0.05, 0.1) is 6.54 Å². The molecule has 25 heavy (non-hydrogen) atoms. The van der Waals surface area contributed by atoms with Crippen LogP contribution in [0.4, 0.5) is 30.7 Å². The first kappa shape index (κ1) is 19.8. The van der Waals surface area contributed by atoms with Crippen LogP contribution in [0, 0.1) is 11.8 Å². The summed E-state index contributed by atoms with van der Waals surface area (Å²) in [6.07, 6.45) is -9.17. The Morgan fingerprint density at radius 3 is 1.72 bits per heavy atom. The number of halogens is 7. The molecule has 0 aromatic heterocycles. The minimum absolute atomic E-state index is 0.249. The first-order valence-corrected chi connectivity index (χ1v) is 7.76. The Hall–Kier alpha value is -1.55. The third-order valence-corrected chi connectivity index (χ3v) is 4.82. The van der Waals surface area contributed by atoms with E-state index in [1.165, 1.54) is 4.90 Å². The Balaban J connectivity index is 1.97. The molecular formula is C14H17F7N2O2. The maximum Gasteiger partial charge on any atom is 0.441 e. The first-order chi connectivity index (χ1) is 11.4. The van der Waals surface area contributed by atoms with Crippen LogP contribution in [0.25, 0.3) is 0 Å². The van der Waals surface area contributed by atoms with E-state index in [0.717, 1.165) is 31.0 Å². The van der Waals surface area contributed by atoms with Crippen LogP contribution in [0.1, 0.15) is 25.7 Å². The molecule has 144 valence electrons. The van der Waals surface area contributed by atoms with Crippen molar-refractivity contribution in [2.45, 2.75) is 43.7 Å². The predicted molar refractivity (Wildman–Crippen MR) is 71.0 cm³/mol. The number of hydrogen-bond acceptors (Lipinski definition) is 2. The number of likely N-dealkylation sites (tertiary alicyclic amines) is 1. The van der Waals surface area contributed by atoms with Crippen molar-refractivity contribution in [3.05, 3.63) is 0 Å². The van der Waals surface area contributed by atoms with Gasteiger partial charge in [-0.2, -0.15) is 26.3 Å². The second-order valence-electron chi connectivity index (χ2n) is 6.44. The second kappa shape index (κ2) is 6.64. The van der Waals surface area contributed by atoms with Gasteiger partial charge >= 0.3 is 18.0 Å². The molecule has 0 bridgehead atoms. The van der Waals surface area contributed by atoms with Gasteiger partial charge in [-0.15, -0.1) is 0 Å². The van der Waals surface area contributed by atoms with Crippen LogP contribution in [0.3, 0.4) is 0 Å². The molecule has 2 fully saturated rings. The van der Waals surface area contributed by atoms with E-state index in [1.807, 2.05) is 0 Å². The quantitative estimate of drug-likeness (QED) is 0.768. The molecule has 2 unspecified atom stereocenters. The normalized spacial score (nSPS) is 24.8. The van der Waals surface area contributed by atoms with E-state index in [2.05, 4.69) is 0 Å². The van der Waals surface area contributed by atoms with Gasteiger partial charge in [-0.3, -0.25) is 9.59 Å². The summed E-state index contributed by atoms with van der Waals surface area (Å²) < 4.78 is 88.0. The molecule has 2 amide bonds. The van der Waals surface area contributed by atoms with Crippen molar-refractivity contribution in [3.8, 4) is 0 Å². The van der Waals surface area contributed by atoms with Crippen LogP contribution in [-0.4, -0.2) is 54.4 Å². The fraction of sp³-hybridized carbons (Fsp3) is 0.857. The minimum Gasteiger partial charge on any atom is -0.344 e. The number of carbonyl (C=O) groups is 2. The predicted octanol–water partition coefficient (Wildman–Crippen LogP) is 2.58. The highest BCUT2D eigenvalue weighted by Gasteiger charge is 2.77. The molecule has 11 heteroatoms. The lowest BCUT2D eigenvalue weighted by Gasteiger charge is -2.28. The number of fused-ring (bicyclic) bond motifs is 1. The van der Waals surface area contributed by atoms with Gasteiger partial charge in [0.25, 0.3) is 5.91 Å². The fourth-order valence-electron chi connectivity index (χ4n) is 3.42. The van der Waals surface area contributed by atoms with Crippen LogP contribution >= 0.6 is 0 Å². The van der Waals surface area contributed by atoms with Crippen molar-refractivity contribution in [2.75, 3.05) is 19.6 Å². The van der Waals surface area contributed by atoms with E-state index < -0.39 is 36.4 Å². The Morgan fingerprint density at radius 1 is 0.880 bits per heavy atom. The van der Waals surface area contributed by atoms with E-state index in [1.54, 1.807) is 0 Å². The summed E-state index contributed by atoms with van der Waals surface area (Å²) in [6.45, 7) is -0.423. The van der Waals surface area contributed by atoms with Crippen LogP contribution in [0.5, 0.6) is 0 Å². The standard InChI is InChI=1S/C14H17F7N2O2/c15-12(13(16,17)18,14(19,20)21)11(25)22-5-10(24)23-6-8-3-1-2-4-9(8)7-23/h8-9H,1-7H2,(H,22,25). The number of rotatable bonds is 3. The van der Waals surface area contributed by atoms with Crippen molar-refractivity contribution < 1.29 is 40.3 Å². The average molecular weight is 378 g/mol. The Labute approximate surface area is 138 Å². The first-order valence-electron chi connectivity index (χ1n) is 7.76. The van der Waals surface area contributed by atoms with Crippen molar-refractivity contribution in [1.82, 2.24) is 10.2 Å². The fourth-order valence-corrected chi connectivity index (χ4v) is 3.42. The molecule has 1 aliphatic carbocycles. The monoisotopic (exact) mass is 378 g/mol. The Morgan fingerprint density at radius 2 is 1.32 bits per heavy atom. The maximum absolute atomic E-state index is 13.5. The highest BCUT2D eigenvalue weighted by molar-refractivity contribution is 5.91. The number of alkyl halides is 7. The number of nitrogens with zero attached hydrogens (tertiary/aromatic N) is 1. The smallest absolute Gasteiger partial charge is 0.344 e. The van der Waals surface area contributed by atoms with Crippen molar-refractivity contribution in [2.24, 2.45) is 11.8 Å². The van der Waals surface area contributed by atoms with Gasteiger partial charge in [0.15, 0.2) is 0 Å². The molecular weight excluding hydrogens is 361 g/mol. The summed E-state index contributed by atoms with van der Waals surface area (Å²) in [5.74, 6) is -3.26. The average Bonchev–Trinajstić information content (AvgIpc) is 2.93. The summed E-state index contributed by atoms with van der Waals surface area (Å²) >= 11 is 0. The molecule has 0 radical (unpaired) electrons. The van der Waals surface area contributed by atoms with E-state index in [9.17, 15) is 40.3 Å². The van der Waals surface area contributed by atoms with Gasteiger partial charge in [0.1, 0.15) is 0 Å². The molecule has 2 rings (SSSR count). The molecule has 4 nitrogen and oxygen atoms in total. The van der Waals surface area contributed by atoms with E-state index >= 15 is 0 Å². The molecule has 1 aliphatic heterocycles. The zero-order chi connectivity index (χ0) is 19.0. The lowest BCUT2D eigenvalue weighted by Crippen LogP contribution is -2.63. The van der Waals surface area contributed by atoms with Crippen LogP contribution < -0.4 is 5.32 Å². The molecule has 0 aromatic rings. The van der Waals surface area contributed by atoms with Crippen molar-refractivity contribution in [1.29, 1.82) is 0 Å². The molecule has 2 atom stereocenters. The molecule has 1 saturated heterocycles. The minimum atomic E-state index is -6.49. The maximum atomic E-state index is 13.5. The summed E-state index contributed by atoms with van der Waals surface area (Å²) in [5, 5.41) is 1.15. The van der Waals surface area contributed by atoms with E-state index in [0.29, 0.717) is 13.1 Å². The topological polar surface area (TPSA) is 49.4 Å². The van der Waals surface area contributed by atoms with Crippen molar-refractivity contribution in [3.63, 3.8) is 0 Å². The number of carbonyl (C=O) groups excluding carboxylic acids is 2. The van der Waals surface area contributed by atoms with Gasteiger partial charge in [-0.1, -0.05) is 12.8 Å². The molecule has 1 saturated carbocycles. The van der Waals surface area contributed by atoms with Crippen LogP contribution in [0.15, 0.2) is 0 Å². The van der Waals surface area contributed by atoms with Crippen LogP contribution in [0.2, 0.25) is 0 Å². The zero-order valence-electron chi connectivity index (χ0n) is 13.0. The Bertz CT molecular complexity index is 504. The molecule has 1 N–H and O–H groups in total. The molecule has 1 heterocycles. The summed E-state index contributed by atoms with van der Waals surface area (Å²) in [6, 6.07) is 0. The number of hydrogen-bond donors (Lipinski definition) is 1. The lowest BCUT2D eigenvalue weighted by atomic mass is 9.82. The number of amides is 2. The zero-order valence-corrected chi connectivity index (χ0v) is 13.0. The van der Waals surface area contributed by atoms with E-state index in [-0.39, 0.29) is 11.8 Å². The SMILES string of the molecule is O=C(CNC(=O)C(F)(C(F)(F)F)C(F)(F)F)N1CC2CCCCC2C1. The molecule has 2 aliphatic rings. The highest BCUT2D eigenvalue weighted by atomic mass is 19.4. The number of nitrogens with one attached hydrogen (secondary N) is 1.